The highest BCUT2D eigenvalue weighted by atomic mass is 16.5. The number of primary amides is 1. The van der Waals surface area contributed by atoms with Gasteiger partial charge >= 0.3 is 11.9 Å². The number of nitrogens with one attached hydrogen (secondary N) is 1. The van der Waals surface area contributed by atoms with Crippen LogP contribution in [-0.4, -0.2) is 199 Å². The first kappa shape index (κ1) is 85.6. The SMILES string of the molecule is CC.CC.CC(C)C.CC(C)C.CC(O)C(=O)N1CCCC1C(=O)N(C)CC(=O)N(C)C(COC(=O)CN(C)C=O)C(N)=O.CCC.CCC(C)CC(O)CC(=O)OCC(=O)C(C)C(=O)NCC(=O)N1CCCC1.COc1ccc(C)cc1. The van der Waals surface area contributed by atoms with Crippen LogP contribution in [0.25, 0.3) is 0 Å². The number of Topliss-reactive ketones (excluding diaryl/α,β-unsaturated/α-hetero) is 1. The molecule has 0 saturated carbocycles. The molecule has 5 N–H and O–H groups in total. The summed E-state index contributed by atoms with van der Waals surface area (Å²) < 4.78 is 14.8. The second kappa shape index (κ2) is 51.5. The van der Waals surface area contributed by atoms with Gasteiger partial charge in [-0.1, -0.05) is 127 Å². The van der Waals surface area contributed by atoms with Crippen molar-refractivity contribution in [3.05, 3.63) is 29.8 Å². The van der Waals surface area contributed by atoms with Crippen LogP contribution in [0.2, 0.25) is 0 Å². The number of aryl methyl sites for hydroxylation is 1. The second-order valence-corrected chi connectivity index (χ2v) is 21.1. The first-order chi connectivity index (χ1) is 38.8. The molecule has 2 aliphatic rings. The van der Waals surface area contributed by atoms with E-state index in [9.17, 15) is 58.2 Å². The molecule has 1 aromatic rings. The molecule has 22 nitrogen and oxygen atoms in total. The number of nitrogens with zero attached hydrogens (tertiary/aromatic N) is 5. The van der Waals surface area contributed by atoms with Gasteiger partial charge in [0, 0.05) is 40.8 Å². The van der Waals surface area contributed by atoms with Crippen LogP contribution in [0.3, 0.4) is 0 Å². The van der Waals surface area contributed by atoms with Gasteiger partial charge in [0.2, 0.25) is 35.9 Å². The minimum absolute atomic E-state index is 0.141. The fourth-order valence-corrected chi connectivity index (χ4v) is 6.65. The summed E-state index contributed by atoms with van der Waals surface area (Å²) in [6.07, 6.45) is 3.76. The Morgan fingerprint density at radius 1 is 0.771 bits per heavy atom. The summed E-state index contributed by atoms with van der Waals surface area (Å²) >= 11 is 0. The zero-order chi connectivity index (χ0) is 65.5. The minimum Gasteiger partial charge on any atom is -0.497 e. The molecule has 0 radical (unpaired) electrons. The number of hydrogen-bond donors (Lipinski definition) is 4. The van der Waals surface area contributed by atoms with E-state index in [2.05, 4.69) is 67.6 Å². The number of aliphatic hydroxyl groups is 2. The Bertz CT molecular complexity index is 1950. The molecule has 7 amide bonds. The molecular formula is C61H113N7O15. The smallest absolute Gasteiger partial charge is 0.325 e. The van der Waals surface area contributed by atoms with E-state index in [1.54, 1.807) is 12.0 Å². The van der Waals surface area contributed by atoms with Crippen molar-refractivity contribution in [3.8, 4) is 5.75 Å². The molecule has 0 spiro atoms. The number of likely N-dealkylation sites (tertiary alicyclic amines) is 2. The Morgan fingerprint density at radius 2 is 1.28 bits per heavy atom. The predicted octanol–water partition coefficient (Wildman–Crippen LogP) is 6.22. The van der Waals surface area contributed by atoms with Gasteiger partial charge in [-0.15, -0.1) is 0 Å². The molecular weight excluding hydrogens is 1070 g/mol. The van der Waals surface area contributed by atoms with Crippen LogP contribution in [0.1, 0.15) is 168 Å². The quantitative estimate of drug-likeness (QED) is 0.0538. The number of methoxy groups -OCH3 is 1. The number of esters is 2. The molecule has 2 fully saturated rings. The van der Waals surface area contributed by atoms with Gasteiger partial charge in [-0.3, -0.25) is 47.9 Å². The van der Waals surface area contributed by atoms with Gasteiger partial charge in [0.1, 0.15) is 37.1 Å². The Balaban J connectivity index is -0.000000353. The number of benzene rings is 1. The van der Waals surface area contributed by atoms with Gasteiger partial charge in [0.15, 0.2) is 12.4 Å². The van der Waals surface area contributed by atoms with Gasteiger partial charge in [0.25, 0.3) is 5.91 Å². The van der Waals surface area contributed by atoms with E-state index in [1.165, 1.54) is 51.9 Å². The van der Waals surface area contributed by atoms with Gasteiger partial charge in [0.05, 0.1) is 38.6 Å². The van der Waals surface area contributed by atoms with Crippen LogP contribution in [0.15, 0.2) is 24.3 Å². The maximum atomic E-state index is 12.8. The van der Waals surface area contributed by atoms with Gasteiger partial charge in [-0.25, -0.2) is 0 Å². The lowest BCUT2D eigenvalue weighted by atomic mass is 9.99. The fraction of sp³-hybridized carbons (Fsp3) is 0.738. The summed E-state index contributed by atoms with van der Waals surface area (Å²) in [5, 5.41) is 21.8. The third-order valence-corrected chi connectivity index (χ3v) is 11.2. The second-order valence-electron chi connectivity index (χ2n) is 21.1. The summed E-state index contributed by atoms with van der Waals surface area (Å²) in [4.78, 5) is 125. The third kappa shape index (κ3) is 43.2. The molecule has 0 aliphatic carbocycles. The number of likely N-dealkylation sites (N-methyl/N-ethyl adjacent to an activating group) is 3. The molecule has 2 heterocycles. The molecule has 2 aliphatic heterocycles. The van der Waals surface area contributed by atoms with Crippen LogP contribution in [0, 0.1) is 30.6 Å². The molecule has 6 unspecified atom stereocenters. The van der Waals surface area contributed by atoms with E-state index in [-0.39, 0.29) is 25.4 Å². The van der Waals surface area contributed by atoms with Crippen molar-refractivity contribution in [1.82, 2.24) is 29.8 Å². The lowest BCUT2D eigenvalue weighted by molar-refractivity contribution is -0.153. The summed E-state index contributed by atoms with van der Waals surface area (Å²) in [6.45, 7) is 33.8. The Morgan fingerprint density at radius 3 is 1.72 bits per heavy atom. The zero-order valence-corrected chi connectivity index (χ0v) is 54.8. The lowest BCUT2D eigenvalue weighted by Gasteiger charge is -2.31. The Hall–Kier alpha value is -6.16. The van der Waals surface area contributed by atoms with E-state index in [1.807, 2.05) is 65.8 Å². The number of hydrogen-bond acceptors (Lipinski definition) is 15. The summed E-state index contributed by atoms with van der Waals surface area (Å²) in [5.41, 5.74) is 6.58. The van der Waals surface area contributed by atoms with E-state index in [0.717, 1.165) is 51.5 Å². The van der Waals surface area contributed by atoms with Crippen LogP contribution in [-0.2, 0) is 57.4 Å². The molecule has 83 heavy (non-hydrogen) atoms. The predicted molar refractivity (Wildman–Crippen MR) is 326 cm³/mol. The molecule has 3 rings (SSSR count). The number of rotatable bonds is 23. The van der Waals surface area contributed by atoms with Crippen molar-refractivity contribution in [2.75, 3.05) is 80.7 Å². The van der Waals surface area contributed by atoms with Crippen molar-refractivity contribution in [3.63, 3.8) is 0 Å². The van der Waals surface area contributed by atoms with E-state index in [0.29, 0.717) is 51.2 Å². The highest BCUT2D eigenvalue weighted by molar-refractivity contribution is 6.03. The molecule has 2 saturated heterocycles. The fourth-order valence-electron chi connectivity index (χ4n) is 6.65. The van der Waals surface area contributed by atoms with Crippen molar-refractivity contribution in [2.24, 2.45) is 29.4 Å². The van der Waals surface area contributed by atoms with Gasteiger partial charge < -0.3 is 60.0 Å². The highest BCUT2D eigenvalue weighted by Gasteiger charge is 2.38. The largest absolute Gasteiger partial charge is 0.497 e. The van der Waals surface area contributed by atoms with Gasteiger partial charge in [-0.05, 0) is 82.8 Å². The lowest BCUT2D eigenvalue weighted by Crippen LogP contribution is -2.54. The van der Waals surface area contributed by atoms with Crippen molar-refractivity contribution in [1.29, 1.82) is 0 Å². The van der Waals surface area contributed by atoms with Gasteiger partial charge in [-0.2, -0.15) is 0 Å². The molecule has 1 aromatic carbocycles. The van der Waals surface area contributed by atoms with Crippen LogP contribution in [0.5, 0.6) is 5.75 Å². The third-order valence-electron chi connectivity index (χ3n) is 11.2. The summed E-state index contributed by atoms with van der Waals surface area (Å²) in [5.74, 6) is -3.48. The van der Waals surface area contributed by atoms with E-state index < -0.39 is 97.2 Å². The monoisotopic (exact) mass is 1180 g/mol. The number of nitrogens with two attached hydrogens (primary N) is 1. The number of ketones is 1. The summed E-state index contributed by atoms with van der Waals surface area (Å²) in [6, 6.07) is 5.89. The van der Waals surface area contributed by atoms with Crippen molar-refractivity contribution < 1.29 is 72.4 Å². The average molecular weight is 1180 g/mol. The van der Waals surface area contributed by atoms with Crippen molar-refractivity contribution in [2.45, 2.75) is 193 Å². The standard InChI is InChI=1S/C19H31N5O8.C19H32N2O6.C8H10O.2C4H10.C3H8.2C2H6/c1-12(26)18(30)24-7-5-6-13(24)19(31)22(3)8-15(27)23(4)14(17(20)29)10-32-16(28)9-21(2)11-25;1-4-13(2)9-15(22)10-18(25)27-12-16(23)14(3)19(26)20-11-17(24)21-7-5-6-8-21;1-7-3-5-8(9-2)6-4-7;2*1-4(2)3;1-3-2;2*1-2/h11-14,26H,5-10H2,1-4H3,(H2,20,29);13-15,22H,4-12H2,1-3H3,(H,20,26);3-6H,1-2H3;2*4H,1-3H3;3H2,1-2H3;2*1-2H3. The maximum absolute atomic E-state index is 12.8. The van der Waals surface area contributed by atoms with Crippen LogP contribution < -0.4 is 15.8 Å². The Kier molecular flexibility index (Phi) is 53.1. The minimum atomic E-state index is -1.28. The highest BCUT2D eigenvalue weighted by Crippen LogP contribution is 2.21. The first-order valence-corrected chi connectivity index (χ1v) is 29.5. The van der Waals surface area contributed by atoms with E-state index in [4.69, 9.17) is 19.9 Å². The number of aliphatic hydroxyl groups excluding tert-OH is 2. The molecule has 6 atom stereocenters. The number of carbonyl (C=O) groups is 10. The molecule has 0 aromatic heterocycles. The van der Waals surface area contributed by atoms with E-state index >= 15 is 0 Å². The summed E-state index contributed by atoms with van der Waals surface area (Å²) in [7, 11) is 5.69. The molecule has 22 heteroatoms. The molecule has 482 valence electrons. The maximum Gasteiger partial charge on any atom is 0.325 e. The van der Waals surface area contributed by atoms with Crippen molar-refractivity contribution >= 4 is 59.6 Å². The van der Waals surface area contributed by atoms with Crippen LogP contribution >= 0.6 is 0 Å². The van der Waals surface area contributed by atoms with Crippen LogP contribution in [0.4, 0.5) is 0 Å². The Labute approximate surface area is 499 Å². The number of amides is 7. The average Bonchev–Trinajstić information content (AvgIpc) is 4.19. The number of carbonyl (C=O) groups excluding carboxylic acids is 10. The zero-order valence-electron chi connectivity index (χ0n) is 54.8. The first-order valence-electron chi connectivity index (χ1n) is 29.5. The number of ether oxygens (including phenoxy) is 3. The topological polar surface area (TPSA) is 293 Å². The normalized spacial score (nSPS) is 14.4. The molecule has 0 bridgehead atoms.